The van der Waals surface area contributed by atoms with Crippen molar-refractivity contribution in [1.29, 1.82) is 0 Å². The molecule has 6 nitrogen and oxygen atoms in total. The Hall–Kier alpha value is -3.76. The van der Waals surface area contributed by atoms with Gasteiger partial charge in [-0.2, -0.15) is 5.10 Å². The summed E-state index contributed by atoms with van der Waals surface area (Å²) in [6.45, 7) is 10.2. The Morgan fingerprint density at radius 2 is 1.67 bits per heavy atom. The lowest BCUT2D eigenvalue weighted by molar-refractivity contribution is 0.627. The molecule has 4 aromatic rings. The van der Waals surface area contributed by atoms with Crippen molar-refractivity contribution in [2.24, 2.45) is 0 Å². The molecule has 0 N–H and O–H groups in total. The van der Waals surface area contributed by atoms with Gasteiger partial charge >= 0.3 is 0 Å². The van der Waals surface area contributed by atoms with E-state index in [1.54, 1.807) is 24.4 Å². The first-order valence-corrected chi connectivity index (χ1v) is 11.0. The summed E-state index contributed by atoms with van der Waals surface area (Å²) in [5.41, 5.74) is 2.34. The quantitative estimate of drug-likeness (QED) is 0.389. The van der Waals surface area contributed by atoms with Crippen molar-refractivity contribution in [2.45, 2.75) is 6.42 Å². The maximum absolute atomic E-state index is 13.3. The zero-order valence-corrected chi connectivity index (χ0v) is 18.5. The van der Waals surface area contributed by atoms with Crippen LogP contribution in [0.25, 0.3) is 15.6 Å². The number of fused-ring (bicyclic) bond motifs is 1. The fourth-order valence-electron chi connectivity index (χ4n) is 4.11. The third-order valence-corrected chi connectivity index (χ3v) is 6.08. The van der Waals surface area contributed by atoms with Crippen LogP contribution in [0.15, 0.2) is 60.8 Å². The van der Waals surface area contributed by atoms with Crippen LogP contribution in [0.4, 0.5) is 21.7 Å². The van der Waals surface area contributed by atoms with Crippen molar-refractivity contribution in [2.75, 3.05) is 36.0 Å². The van der Waals surface area contributed by atoms with Gasteiger partial charge in [-0.05, 0) is 35.9 Å². The minimum atomic E-state index is -0.256. The Kier molecular flexibility index (Phi) is 5.76. The molecule has 33 heavy (non-hydrogen) atoms. The number of hydrogen-bond acceptors (Lipinski definition) is 5. The number of halogens is 2. The van der Waals surface area contributed by atoms with Gasteiger partial charge in [0.15, 0.2) is 5.82 Å². The lowest BCUT2D eigenvalue weighted by atomic mass is 10.0. The standard InChI is InChI=1S/C25H20ClFN6/c1-28-20-7-9-24(29-16-20)32-10-12-33(13-11-32)25-22-15-18(26)4-8-21(22)23(30-31-25)14-17-2-5-19(27)6-3-17/h2-9,15-16H,10-14H2. The molecule has 0 spiro atoms. The molecule has 1 aliphatic heterocycles. The molecule has 0 bridgehead atoms. The van der Waals surface area contributed by atoms with Crippen molar-refractivity contribution in [1.82, 2.24) is 15.2 Å². The van der Waals surface area contributed by atoms with E-state index in [1.807, 2.05) is 24.3 Å². The highest BCUT2D eigenvalue weighted by Gasteiger charge is 2.22. The lowest BCUT2D eigenvalue weighted by Gasteiger charge is -2.36. The summed E-state index contributed by atoms with van der Waals surface area (Å²) in [5.74, 6) is 1.43. The molecular weight excluding hydrogens is 439 g/mol. The number of benzene rings is 2. The molecule has 0 unspecified atom stereocenters. The maximum atomic E-state index is 13.3. The fourth-order valence-corrected chi connectivity index (χ4v) is 4.28. The summed E-state index contributed by atoms with van der Waals surface area (Å²) < 4.78 is 13.3. The predicted molar refractivity (Wildman–Crippen MR) is 129 cm³/mol. The molecule has 2 aromatic heterocycles. The van der Waals surface area contributed by atoms with E-state index in [9.17, 15) is 4.39 Å². The average Bonchev–Trinajstić information content (AvgIpc) is 2.85. The fraction of sp³-hybridized carbons (Fsp3) is 0.200. The number of rotatable bonds is 4. The maximum Gasteiger partial charge on any atom is 0.205 e. The van der Waals surface area contributed by atoms with Crippen LogP contribution >= 0.6 is 11.6 Å². The summed E-state index contributed by atoms with van der Waals surface area (Å²) in [7, 11) is 0. The first-order valence-electron chi connectivity index (χ1n) is 10.6. The van der Waals surface area contributed by atoms with E-state index in [2.05, 4.69) is 29.8 Å². The number of piperazine rings is 1. The van der Waals surface area contributed by atoms with Gasteiger partial charge in [0.2, 0.25) is 5.69 Å². The summed E-state index contributed by atoms with van der Waals surface area (Å²) in [4.78, 5) is 12.2. The molecule has 2 aromatic carbocycles. The van der Waals surface area contributed by atoms with E-state index in [4.69, 9.17) is 18.2 Å². The van der Waals surface area contributed by atoms with Gasteiger partial charge in [0, 0.05) is 54.6 Å². The van der Waals surface area contributed by atoms with Crippen LogP contribution in [0.1, 0.15) is 11.3 Å². The van der Waals surface area contributed by atoms with E-state index >= 15 is 0 Å². The van der Waals surface area contributed by atoms with Crippen molar-refractivity contribution in [3.8, 4) is 0 Å². The normalized spacial score (nSPS) is 13.8. The van der Waals surface area contributed by atoms with Crippen LogP contribution in [0.5, 0.6) is 0 Å². The molecule has 0 aliphatic carbocycles. The zero-order valence-electron chi connectivity index (χ0n) is 17.7. The van der Waals surface area contributed by atoms with Crippen molar-refractivity contribution in [3.05, 3.63) is 94.3 Å². The van der Waals surface area contributed by atoms with Crippen molar-refractivity contribution < 1.29 is 4.39 Å². The van der Waals surface area contributed by atoms with E-state index < -0.39 is 0 Å². The van der Waals surface area contributed by atoms with Gasteiger partial charge in [0.25, 0.3) is 0 Å². The van der Waals surface area contributed by atoms with Gasteiger partial charge < -0.3 is 9.80 Å². The third kappa shape index (κ3) is 4.43. The van der Waals surface area contributed by atoms with Crippen LogP contribution in [0.2, 0.25) is 5.02 Å². The minimum Gasteiger partial charge on any atom is -0.353 e. The first-order chi connectivity index (χ1) is 16.1. The highest BCUT2D eigenvalue weighted by molar-refractivity contribution is 6.31. The molecule has 5 rings (SSSR count). The number of anilines is 2. The summed E-state index contributed by atoms with van der Waals surface area (Å²) in [6, 6.07) is 15.9. The topological polar surface area (TPSA) is 49.5 Å². The molecular formula is C25H20ClFN6. The number of nitrogens with zero attached hydrogens (tertiary/aromatic N) is 6. The lowest BCUT2D eigenvalue weighted by Crippen LogP contribution is -2.47. The van der Waals surface area contributed by atoms with E-state index in [-0.39, 0.29) is 5.82 Å². The molecule has 0 amide bonds. The van der Waals surface area contributed by atoms with Crippen molar-refractivity contribution in [3.63, 3.8) is 0 Å². The van der Waals surface area contributed by atoms with Gasteiger partial charge in [-0.15, -0.1) is 5.10 Å². The van der Waals surface area contributed by atoms with Crippen LogP contribution in [-0.2, 0) is 6.42 Å². The Morgan fingerprint density at radius 3 is 2.36 bits per heavy atom. The Balaban J connectivity index is 1.40. The molecule has 164 valence electrons. The van der Waals surface area contributed by atoms with Gasteiger partial charge in [-0.1, -0.05) is 35.9 Å². The Morgan fingerprint density at radius 1 is 0.909 bits per heavy atom. The summed E-state index contributed by atoms with van der Waals surface area (Å²) in [6.07, 6.45) is 2.17. The van der Waals surface area contributed by atoms with Gasteiger partial charge in [-0.25, -0.2) is 9.24 Å². The van der Waals surface area contributed by atoms with E-state index in [0.29, 0.717) is 17.1 Å². The number of hydrogen-bond donors (Lipinski definition) is 0. The van der Waals surface area contributed by atoms with Crippen LogP contribution in [0, 0.1) is 12.4 Å². The molecule has 1 aliphatic rings. The largest absolute Gasteiger partial charge is 0.353 e. The Bertz CT molecular complexity index is 1330. The van der Waals surface area contributed by atoms with Crippen LogP contribution in [-0.4, -0.2) is 41.4 Å². The second-order valence-corrected chi connectivity index (χ2v) is 8.36. The van der Waals surface area contributed by atoms with E-state index in [0.717, 1.165) is 59.8 Å². The third-order valence-electron chi connectivity index (χ3n) is 5.85. The van der Waals surface area contributed by atoms with Gasteiger partial charge in [0.05, 0.1) is 12.3 Å². The smallest absolute Gasteiger partial charge is 0.205 e. The molecule has 0 saturated carbocycles. The zero-order chi connectivity index (χ0) is 22.8. The van der Waals surface area contributed by atoms with E-state index in [1.165, 1.54) is 12.1 Å². The highest BCUT2D eigenvalue weighted by atomic mass is 35.5. The summed E-state index contributed by atoms with van der Waals surface area (Å²) >= 11 is 6.34. The van der Waals surface area contributed by atoms with Gasteiger partial charge in [-0.3, -0.25) is 4.98 Å². The first kappa shape index (κ1) is 21.1. The molecule has 0 atom stereocenters. The summed E-state index contributed by atoms with van der Waals surface area (Å²) in [5, 5.41) is 11.7. The molecule has 1 saturated heterocycles. The highest BCUT2D eigenvalue weighted by Crippen LogP contribution is 2.31. The number of aromatic nitrogens is 3. The second-order valence-electron chi connectivity index (χ2n) is 7.92. The SMILES string of the molecule is [C-]#[N+]c1ccc(N2CCN(c3nnc(Cc4ccc(F)cc4)c4ccc(Cl)cc34)CC2)nc1. The Labute approximate surface area is 196 Å². The molecule has 3 heterocycles. The van der Waals surface area contributed by atoms with Gasteiger partial charge in [0.1, 0.15) is 11.6 Å². The molecule has 8 heteroatoms. The molecule has 1 fully saturated rings. The minimum absolute atomic E-state index is 0.256. The van der Waals surface area contributed by atoms with Crippen LogP contribution in [0.3, 0.4) is 0 Å². The monoisotopic (exact) mass is 458 g/mol. The number of pyridine rings is 1. The van der Waals surface area contributed by atoms with Crippen molar-refractivity contribution >= 4 is 39.7 Å². The average molecular weight is 459 g/mol. The van der Waals surface area contributed by atoms with Crippen LogP contribution < -0.4 is 9.80 Å². The predicted octanol–water partition coefficient (Wildman–Crippen LogP) is 5.29. The second kappa shape index (κ2) is 9.00. The molecule has 0 radical (unpaired) electrons.